The van der Waals surface area contributed by atoms with Crippen molar-refractivity contribution in [3.63, 3.8) is 0 Å². The molecule has 11 heteroatoms. The fourth-order valence-corrected chi connectivity index (χ4v) is 2.72. The van der Waals surface area contributed by atoms with Gasteiger partial charge in [-0.05, 0) is 36.4 Å². The summed E-state index contributed by atoms with van der Waals surface area (Å²) >= 11 is 5.80. The first kappa shape index (κ1) is 18.9. The Morgan fingerprint density at radius 1 is 1.10 bits per heavy atom. The van der Waals surface area contributed by atoms with Gasteiger partial charge in [0.1, 0.15) is 5.65 Å². The quantitative estimate of drug-likeness (QED) is 0.538. The van der Waals surface area contributed by atoms with Gasteiger partial charge < -0.3 is 14.2 Å². The number of aromatic nitrogens is 4. The van der Waals surface area contributed by atoms with E-state index in [0.717, 1.165) is 0 Å². The summed E-state index contributed by atoms with van der Waals surface area (Å²) in [6, 6.07) is 9.57. The zero-order valence-electron chi connectivity index (χ0n) is 14.4. The average Bonchev–Trinajstić information content (AvgIpc) is 3.32. The molecule has 7 nitrogen and oxygen atoms in total. The van der Waals surface area contributed by atoms with Crippen molar-refractivity contribution in [2.24, 2.45) is 0 Å². The van der Waals surface area contributed by atoms with Gasteiger partial charge >= 0.3 is 12.1 Å². The minimum Gasteiger partial charge on any atom is -0.346 e. The van der Waals surface area contributed by atoms with Crippen molar-refractivity contribution in [3.8, 4) is 11.4 Å². The summed E-state index contributed by atoms with van der Waals surface area (Å²) in [5.74, 6) is -1.89. The van der Waals surface area contributed by atoms with Crippen LogP contribution in [0.25, 0.3) is 17.0 Å². The van der Waals surface area contributed by atoms with E-state index in [1.807, 2.05) is 0 Å². The Morgan fingerprint density at radius 2 is 1.86 bits per heavy atom. The van der Waals surface area contributed by atoms with E-state index in [1.54, 1.807) is 40.9 Å². The number of alkyl halides is 3. The second kappa shape index (κ2) is 7.21. The first-order valence-electron chi connectivity index (χ1n) is 8.22. The molecule has 0 saturated heterocycles. The van der Waals surface area contributed by atoms with Crippen molar-refractivity contribution in [2.75, 3.05) is 0 Å². The van der Waals surface area contributed by atoms with Crippen molar-refractivity contribution in [2.45, 2.75) is 12.7 Å². The van der Waals surface area contributed by atoms with Crippen LogP contribution in [0, 0.1) is 0 Å². The number of rotatable bonds is 4. The number of amides is 1. The molecule has 0 aliphatic rings. The topological polar surface area (TPSA) is 85.3 Å². The third kappa shape index (κ3) is 4.06. The van der Waals surface area contributed by atoms with Crippen molar-refractivity contribution in [1.29, 1.82) is 0 Å². The minimum atomic E-state index is -4.71. The molecule has 148 valence electrons. The third-order valence-electron chi connectivity index (χ3n) is 3.96. The third-order valence-corrected chi connectivity index (χ3v) is 4.22. The molecular weight excluding hydrogens is 411 g/mol. The molecule has 0 bridgehead atoms. The van der Waals surface area contributed by atoms with Crippen LogP contribution in [-0.2, 0) is 12.7 Å². The van der Waals surface area contributed by atoms with Gasteiger partial charge in [-0.25, -0.2) is 4.98 Å². The number of halogens is 4. The van der Waals surface area contributed by atoms with Crippen molar-refractivity contribution in [3.05, 3.63) is 71.0 Å². The normalized spacial score (nSPS) is 11.7. The molecule has 1 aromatic carbocycles. The van der Waals surface area contributed by atoms with Gasteiger partial charge in [-0.3, -0.25) is 4.79 Å². The van der Waals surface area contributed by atoms with Gasteiger partial charge in [-0.15, -0.1) is 0 Å². The van der Waals surface area contributed by atoms with Crippen LogP contribution in [0.4, 0.5) is 13.2 Å². The van der Waals surface area contributed by atoms with Gasteiger partial charge in [0, 0.05) is 28.5 Å². The fourth-order valence-electron chi connectivity index (χ4n) is 2.59. The molecule has 4 rings (SSSR count). The number of nitrogens with zero attached hydrogens (tertiary/aromatic N) is 4. The lowest BCUT2D eigenvalue weighted by Gasteiger charge is -2.03. The highest BCUT2D eigenvalue weighted by Crippen LogP contribution is 2.29. The molecule has 0 aliphatic heterocycles. The number of benzene rings is 1. The molecule has 0 atom stereocenters. The number of hydrogen-bond donors (Lipinski definition) is 1. The number of pyridine rings is 1. The van der Waals surface area contributed by atoms with Crippen molar-refractivity contribution < 1.29 is 22.5 Å². The largest absolute Gasteiger partial charge is 0.471 e. The first-order chi connectivity index (χ1) is 13.8. The maximum atomic E-state index is 12.6. The molecule has 0 unspecified atom stereocenters. The van der Waals surface area contributed by atoms with E-state index >= 15 is 0 Å². The smallest absolute Gasteiger partial charge is 0.346 e. The van der Waals surface area contributed by atoms with Gasteiger partial charge in [0.15, 0.2) is 0 Å². The molecule has 3 heterocycles. The van der Waals surface area contributed by atoms with E-state index in [-0.39, 0.29) is 18.3 Å². The molecule has 0 fully saturated rings. The van der Waals surface area contributed by atoms with Gasteiger partial charge in [-0.2, -0.15) is 18.2 Å². The monoisotopic (exact) mass is 421 g/mol. The summed E-state index contributed by atoms with van der Waals surface area (Å²) in [5.41, 5.74) is 1.89. The summed E-state index contributed by atoms with van der Waals surface area (Å²) < 4.78 is 43.7. The summed E-state index contributed by atoms with van der Waals surface area (Å²) in [5, 5.41) is 6.63. The van der Waals surface area contributed by atoms with Crippen molar-refractivity contribution in [1.82, 2.24) is 24.8 Å². The number of fused-ring (bicyclic) bond motifs is 1. The van der Waals surface area contributed by atoms with Crippen LogP contribution in [0.15, 0.2) is 53.3 Å². The molecule has 0 radical (unpaired) electrons. The van der Waals surface area contributed by atoms with E-state index < -0.39 is 12.1 Å². The van der Waals surface area contributed by atoms with Gasteiger partial charge in [-0.1, -0.05) is 16.8 Å². The highest BCUT2D eigenvalue weighted by molar-refractivity contribution is 6.30. The van der Waals surface area contributed by atoms with Gasteiger partial charge in [0.25, 0.3) is 5.91 Å². The van der Waals surface area contributed by atoms with Crippen molar-refractivity contribution >= 4 is 23.2 Å². The average molecular weight is 422 g/mol. The highest BCUT2D eigenvalue weighted by Gasteiger charge is 2.38. The Kier molecular flexibility index (Phi) is 4.71. The Morgan fingerprint density at radius 3 is 2.55 bits per heavy atom. The summed E-state index contributed by atoms with van der Waals surface area (Å²) in [6.45, 7) is 0.166. The van der Waals surface area contributed by atoms with Crippen LogP contribution in [0.3, 0.4) is 0 Å². The molecule has 1 N–H and O–H groups in total. The number of imidazole rings is 1. The first-order valence-corrected chi connectivity index (χ1v) is 8.60. The predicted molar refractivity (Wildman–Crippen MR) is 96.1 cm³/mol. The van der Waals surface area contributed by atoms with Gasteiger partial charge in [0.05, 0.1) is 12.2 Å². The number of nitrogens with one attached hydrogen (secondary N) is 1. The fraction of sp³-hybridized carbons (Fsp3) is 0.111. The number of carbonyl (C=O) groups excluding carboxylic acids is 1. The zero-order valence-corrected chi connectivity index (χ0v) is 15.2. The Balaban J connectivity index is 1.50. The predicted octanol–water partition coefficient (Wildman–Crippen LogP) is 3.99. The molecule has 0 aliphatic carbocycles. The molecule has 4 aromatic rings. The molecule has 1 amide bonds. The van der Waals surface area contributed by atoms with Crippen LogP contribution in [0.5, 0.6) is 0 Å². The van der Waals surface area contributed by atoms with E-state index in [2.05, 4.69) is 25.0 Å². The standard InChI is InChI=1S/C18H11ClF3N5O2/c19-12-4-1-10(2-5-12)16(28)23-7-13-9-27-8-11(3-6-14(27)24-13)15-25-17(29-26-15)18(20,21)22/h1-6,8-9H,7H2,(H,23,28). The second-order valence-corrected chi connectivity index (χ2v) is 6.46. The lowest BCUT2D eigenvalue weighted by molar-refractivity contribution is -0.159. The van der Waals surface area contributed by atoms with Crippen LogP contribution < -0.4 is 5.32 Å². The van der Waals surface area contributed by atoms with Crippen LogP contribution >= 0.6 is 11.6 Å². The van der Waals surface area contributed by atoms with Gasteiger partial charge in [0.2, 0.25) is 5.82 Å². The number of hydrogen-bond acceptors (Lipinski definition) is 5. The summed E-state index contributed by atoms with van der Waals surface area (Å²) in [7, 11) is 0. The van der Waals surface area contributed by atoms with Crippen LogP contribution in [0.2, 0.25) is 5.02 Å². The van der Waals surface area contributed by atoms with Crippen LogP contribution in [0.1, 0.15) is 21.9 Å². The molecular formula is C18H11ClF3N5O2. The molecule has 3 aromatic heterocycles. The summed E-state index contributed by atoms with van der Waals surface area (Å²) in [6.07, 6.45) is -1.54. The lowest BCUT2D eigenvalue weighted by atomic mass is 10.2. The summed E-state index contributed by atoms with van der Waals surface area (Å²) in [4.78, 5) is 19.9. The SMILES string of the molecule is O=C(NCc1cn2cc(-c3noc(C(F)(F)F)n3)ccc2n1)c1ccc(Cl)cc1. The Labute approximate surface area is 166 Å². The van der Waals surface area contributed by atoms with Crippen LogP contribution in [-0.4, -0.2) is 25.4 Å². The molecule has 0 spiro atoms. The minimum absolute atomic E-state index is 0.166. The maximum absolute atomic E-state index is 12.6. The Hall–Kier alpha value is -3.40. The van der Waals surface area contributed by atoms with E-state index in [1.165, 1.54) is 12.3 Å². The second-order valence-electron chi connectivity index (χ2n) is 6.03. The van der Waals surface area contributed by atoms with E-state index in [0.29, 0.717) is 27.5 Å². The number of carbonyl (C=O) groups is 1. The maximum Gasteiger partial charge on any atom is 0.471 e. The molecule has 29 heavy (non-hydrogen) atoms. The van der Waals surface area contributed by atoms with E-state index in [9.17, 15) is 18.0 Å². The zero-order chi connectivity index (χ0) is 20.6. The highest BCUT2D eigenvalue weighted by atomic mass is 35.5. The molecule has 0 saturated carbocycles. The Bertz CT molecular complexity index is 1180. The lowest BCUT2D eigenvalue weighted by Crippen LogP contribution is -2.22. The van der Waals surface area contributed by atoms with E-state index in [4.69, 9.17) is 11.6 Å².